The summed E-state index contributed by atoms with van der Waals surface area (Å²) < 4.78 is 28.6. The first-order valence-electron chi connectivity index (χ1n) is 9.35. The number of rotatable bonds is 11. The second kappa shape index (κ2) is 9.93. The van der Waals surface area contributed by atoms with Crippen LogP contribution in [0, 0.1) is 5.92 Å². The number of aromatic nitrogens is 1. The summed E-state index contributed by atoms with van der Waals surface area (Å²) in [5, 5.41) is 27.6. The number of carboxylic acids is 1. The number of aliphatic carboxylic acids is 1. The van der Waals surface area contributed by atoms with Gasteiger partial charge in [0.2, 0.25) is 0 Å². The third-order valence-corrected chi connectivity index (χ3v) is 6.99. The molecule has 162 valence electrons. The maximum atomic E-state index is 13.2. The lowest BCUT2D eigenvalue weighted by Crippen LogP contribution is -2.55. The molecule has 0 bridgehead atoms. The summed E-state index contributed by atoms with van der Waals surface area (Å²) >= 11 is 0. The number of pyridine rings is 1. The van der Waals surface area contributed by atoms with Gasteiger partial charge in [-0.25, -0.2) is 0 Å². The first-order valence-corrected chi connectivity index (χ1v) is 10.7. The molecule has 1 aliphatic rings. The number of nitrogens with two attached hydrogens (primary N) is 2. The number of hydrogen-bond donors (Lipinski definition) is 5. The maximum Gasteiger partial charge on any atom is 0.451 e. The van der Waals surface area contributed by atoms with E-state index in [1.165, 1.54) is 0 Å². The number of nitrogens with zero attached hydrogens (tertiary/aromatic N) is 3. The third-order valence-electron chi connectivity index (χ3n) is 5.10. The fourth-order valence-electron chi connectivity index (χ4n) is 3.46. The molecule has 1 fully saturated rings. The van der Waals surface area contributed by atoms with Gasteiger partial charge in [-0.3, -0.25) is 9.78 Å². The van der Waals surface area contributed by atoms with Crippen LogP contribution >= 0.6 is 0 Å². The summed E-state index contributed by atoms with van der Waals surface area (Å²) in [5.74, 6) is -1.96. The number of hydrogen-bond acceptors (Lipinski definition) is 8. The van der Waals surface area contributed by atoms with Crippen molar-refractivity contribution in [3.05, 3.63) is 30.1 Å². The van der Waals surface area contributed by atoms with Crippen molar-refractivity contribution >= 4 is 23.3 Å². The van der Waals surface area contributed by atoms with Crippen LogP contribution < -0.4 is 11.5 Å². The van der Waals surface area contributed by atoms with Gasteiger partial charge in [0.25, 0.3) is 10.2 Å². The van der Waals surface area contributed by atoms with Gasteiger partial charge in [-0.15, -0.1) is 0 Å². The van der Waals surface area contributed by atoms with Crippen molar-refractivity contribution in [1.82, 2.24) is 13.6 Å². The van der Waals surface area contributed by atoms with E-state index in [0.29, 0.717) is 12.1 Å². The Morgan fingerprint density at radius 2 is 2.14 bits per heavy atom. The lowest BCUT2D eigenvalue weighted by atomic mass is 9.78. The molecule has 29 heavy (non-hydrogen) atoms. The van der Waals surface area contributed by atoms with E-state index in [1.54, 1.807) is 24.4 Å². The molecule has 1 aromatic rings. The standard InChI is InChI=1S/C16H28BN5O6S/c18-7-9-21(11-14-5-1-2-8-20-14)29(27,28)22-10-13(4-3-6-17(25)26)16(19,12-22)15(23)24/h1-2,5,8,13,25-26H,3-4,6-7,9-12,18-19H2,(H,23,24)/t13-,16-/m0/s1. The highest BCUT2D eigenvalue weighted by Crippen LogP contribution is 2.33. The highest BCUT2D eigenvalue weighted by Gasteiger charge is 2.53. The van der Waals surface area contributed by atoms with Gasteiger partial charge < -0.3 is 26.6 Å². The first kappa shape index (κ1) is 23.7. The quantitative estimate of drug-likeness (QED) is 0.250. The predicted molar refractivity (Wildman–Crippen MR) is 106 cm³/mol. The van der Waals surface area contributed by atoms with Crippen LogP contribution in [0.25, 0.3) is 0 Å². The van der Waals surface area contributed by atoms with E-state index in [1.807, 2.05) is 0 Å². The molecule has 2 rings (SSSR count). The summed E-state index contributed by atoms with van der Waals surface area (Å²) in [5.41, 5.74) is 10.5. The second-order valence-corrected chi connectivity index (χ2v) is 9.13. The summed E-state index contributed by atoms with van der Waals surface area (Å²) in [6, 6.07) is 5.15. The minimum Gasteiger partial charge on any atom is -0.480 e. The SMILES string of the molecule is NCCN(Cc1ccccn1)S(=O)(=O)N1C[C@H](CCCB(O)O)[C@](N)(C(=O)O)C1. The van der Waals surface area contributed by atoms with E-state index >= 15 is 0 Å². The van der Waals surface area contributed by atoms with Gasteiger partial charge in [-0.1, -0.05) is 12.5 Å². The Morgan fingerprint density at radius 3 is 2.69 bits per heavy atom. The third kappa shape index (κ3) is 5.72. The highest BCUT2D eigenvalue weighted by molar-refractivity contribution is 7.86. The molecule has 11 nitrogen and oxygen atoms in total. The van der Waals surface area contributed by atoms with Crippen molar-refractivity contribution in [3.8, 4) is 0 Å². The maximum absolute atomic E-state index is 13.2. The molecule has 13 heteroatoms. The van der Waals surface area contributed by atoms with Gasteiger partial charge in [0.1, 0.15) is 5.54 Å². The summed E-state index contributed by atoms with van der Waals surface area (Å²) in [7, 11) is -5.54. The van der Waals surface area contributed by atoms with Crippen LogP contribution in [0.2, 0.25) is 6.32 Å². The lowest BCUT2D eigenvalue weighted by molar-refractivity contribution is -0.144. The molecule has 2 heterocycles. The zero-order valence-corrected chi connectivity index (χ0v) is 16.9. The average Bonchev–Trinajstić information content (AvgIpc) is 3.01. The molecule has 7 N–H and O–H groups in total. The van der Waals surface area contributed by atoms with Crippen LogP contribution in [-0.2, 0) is 21.5 Å². The minimum absolute atomic E-state index is 0.00286. The van der Waals surface area contributed by atoms with Gasteiger partial charge in [0.15, 0.2) is 0 Å². The molecule has 1 aromatic heterocycles. The lowest BCUT2D eigenvalue weighted by Gasteiger charge is -2.27. The molecule has 0 radical (unpaired) electrons. The largest absolute Gasteiger partial charge is 0.480 e. The van der Waals surface area contributed by atoms with E-state index in [0.717, 1.165) is 8.61 Å². The van der Waals surface area contributed by atoms with E-state index < -0.39 is 34.8 Å². The number of carbonyl (C=O) groups is 1. The van der Waals surface area contributed by atoms with Crippen LogP contribution in [0.5, 0.6) is 0 Å². The van der Waals surface area contributed by atoms with Crippen LogP contribution in [0.3, 0.4) is 0 Å². The molecule has 0 aromatic carbocycles. The molecule has 2 atom stereocenters. The van der Waals surface area contributed by atoms with Crippen molar-refractivity contribution in [2.45, 2.75) is 31.2 Å². The summed E-state index contributed by atoms with van der Waals surface area (Å²) in [6.45, 7) is -0.315. The fourth-order valence-corrected chi connectivity index (χ4v) is 5.17. The molecule has 0 saturated carbocycles. The minimum atomic E-state index is -4.04. The first-order chi connectivity index (χ1) is 13.6. The molecule has 0 aliphatic carbocycles. The van der Waals surface area contributed by atoms with Gasteiger partial charge in [0.05, 0.1) is 12.2 Å². The van der Waals surface area contributed by atoms with E-state index in [4.69, 9.17) is 21.5 Å². The van der Waals surface area contributed by atoms with Crippen LogP contribution in [0.4, 0.5) is 0 Å². The molecule has 0 amide bonds. The van der Waals surface area contributed by atoms with E-state index in [-0.39, 0.29) is 45.5 Å². The Labute approximate surface area is 170 Å². The Bertz CT molecular complexity index is 783. The van der Waals surface area contributed by atoms with Gasteiger partial charge in [0, 0.05) is 38.3 Å². The van der Waals surface area contributed by atoms with Crippen LogP contribution in [0.1, 0.15) is 18.5 Å². The van der Waals surface area contributed by atoms with E-state index in [2.05, 4.69) is 4.98 Å². The Kier molecular flexibility index (Phi) is 8.11. The van der Waals surface area contributed by atoms with Gasteiger partial charge in [-0.2, -0.15) is 17.0 Å². The zero-order valence-electron chi connectivity index (χ0n) is 16.1. The van der Waals surface area contributed by atoms with Crippen molar-refractivity contribution in [1.29, 1.82) is 0 Å². The number of carboxylic acid groups (broad SMARTS) is 1. The molecule has 1 saturated heterocycles. The predicted octanol–water partition coefficient (Wildman–Crippen LogP) is -1.95. The summed E-state index contributed by atoms with van der Waals surface area (Å²) in [6.07, 6.45) is 2.17. The Balaban J connectivity index is 2.21. The van der Waals surface area contributed by atoms with E-state index in [9.17, 15) is 18.3 Å². The zero-order chi connectivity index (χ0) is 21.7. The van der Waals surface area contributed by atoms with Crippen molar-refractivity contribution in [2.75, 3.05) is 26.2 Å². The Hall–Kier alpha value is -1.61. The average molecular weight is 429 g/mol. The molecule has 0 unspecified atom stereocenters. The molecule has 1 aliphatic heterocycles. The normalized spacial score (nSPS) is 22.9. The fraction of sp³-hybridized carbons (Fsp3) is 0.625. The van der Waals surface area contributed by atoms with Gasteiger partial charge in [-0.05, 0) is 24.9 Å². The second-order valence-electron chi connectivity index (χ2n) is 7.20. The molecular formula is C16H28BN5O6S. The smallest absolute Gasteiger partial charge is 0.451 e. The molecular weight excluding hydrogens is 401 g/mol. The summed E-state index contributed by atoms with van der Waals surface area (Å²) in [4.78, 5) is 15.9. The van der Waals surface area contributed by atoms with Crippen molar-refractivity contribution < 1.29 is 28.4 Å². The highest BCUT2D eigenvalue weighted by atomic mass is 32.2. The van der Waals surface area contributed by atoms with Crippen molar-refractivity contribution in [2.24, 2.45) is 17.4 Å². The molecule has 0 spiro atoms. The van der Waals surface area contributed by atoms with Crippen molar-refractivity contribution in [3.63, 3.8) is 0 Å². The Morgan fingerprint density at radius 1 is 1.41 bits per heavy atom. The van der Waals surface area contributed by atoms with Crippen LogP contribution in [0.15, 0.2) is 24.4 Å². The van der Waals surface area contributed by atoms with Crippen LogP contribution in [-0.4, -0.2) is 82.0 Å². The monoisotopic (exact) mass is 429 g/mol. The topological polar surface area (TPSA) is 183 Å². The van der Waals surface area contributed by atoms with Gasteiger partial charge >= 0.3 is 13.1 Å².